The Morgan fingerprint density at radius 2 is 1.85 bits per heavy atom. The fourth-order valence-corrected chi connectivity index (χ4v) is 3.42. The highest BCUT2D eigenvalue weighted by Crippen LogP contribution is 2.35. The van der Waals surface area contributed by atoms with Crippen LogP contribution in [0.5, 0.6) is 0 Å². The van der Waals surface area contributed by atoms with Crippen molar-refractivity contribution in [1.82, 2.24) is 9.97 Å². The van der Waals surface area contributed by atoms with Gasteiger partial charge in [0.2, 0.25) is 0 Å². The minimum atomic E-state index is -4.43. The molecule has 0 spiro atoms. The lowest BCUT2D eigenvalue weighted by molar-refractivity contribution is -0.137. The predicted molar refractivity (Wildman–Crippen MR) is 98.6 cm³/mol. The molecule has 0 saturated carbocycles. The highest BCUT2D eigenvalue weighted by atomic mass is 19.4. The van der Waals surface area contributed by atoms with Crippen molar-refractivity contribution in [3.8, 4) is 11.3 Å². The van der Waals surface area contributed by atoms with E-state index in [1.54, 1.807) is 6.07 Å². The van der Waals surface area contributed by atoms with E-state index in [4.69, 9.17) is 5.73 Å². The van der Waals surface area contributed by atoms with Gasteiger partial charge < -0.3 is 11.1 Å². The highest BCUT2D eigenvalue weighted by Gasteiger charge is 2.31. The molecule has 27 heavy (non-hydrogen) atoms. The Bertz CT molecular complexity index is 999. The molecular weight excluding hydrogens is 353 g/mol. The van der Waals surface area contributed by atoms with Crippen molar-refractivity contribution in [2.45, 2.75) is 25.4 Å². The number of anilines is 3. The number of nitrogens with zero attached hydrogens (tertiary/aromatic N) is 2. The zero-order valence-electron chi connectivity index (χ0n) is 14.3. The summed E-state index contributed by atoms with van der Waals surface area (Å²) in [6.07, 6.45) is 0.159. The Hall–Kier alpha value is -3.09. The van der Waals surface area contributed by atoms with Gasteiger partial charge in [0.25, 0.3) is 0 Å². The third kappa shape index (κ3) is 3.45. The van der Waals surface area contributed by atoms with Crippen molar-refractivity contribution < 1.29 is 13.2 Å². The van der Waals surface area contributed by atoms with Crippen LogP contribution in [0.15, 0.2) is 48.8 Å². The summed E-state index contributed by atoms with van der Waals surface area (Å²) in [5, 5.41) is 3.30. The number of aryl methyl sites for hydroxylation is 1. The molecule has 4 nitrogen and oxygen atoms in total. The molecule has 2 aromatic carbocycles. The lowest BCUT2D eigenvalue weighted by atomic mass is 10.1. The van der Waals surface area contributed by atoms with Gasteiger partial charge in [0, 0.05) is 23.0 Å². The van der Waals surface area contributed by atoms with Crippen LogP contribution in [0, 0.1) is 0 Å². The summed E-state index contributed by atoms with van der Waals surface area (Å²) in [6.45, 7) is 0. The molecule has 1 heterocycles. The molecule has 0 fully saturated rings. The number of rotatable bonds is 3. The first-order valence-corrected chi connectivity index (χ1v) is 8.59. The van der Waals surface area contributed by atoms with E-state index in [1.165, 1.54) is 23.5 Å². The first kappa shape index (κ1) is 17.3. The minimum absolute atomic E-state index is 0.0232. The number of hydrogen-bond donors (Lipinski definition) is 2. The number of nitrogen functional groups attached to an aromatic ring is 1. The van der Waals surface area contributed by atoms with Gasteiger partial charge >= 0.3 is 6.18 Å². The SMILES string of the molecule is Nc1cc(C(F)(F)F)ccc1-c1cc(Nc2cccc3c2CCC3)ncn1. The summed E-state index contributed by atoms with van der Waals surface area (Å²) in [7, 11) is 0. The van der Waals surface area contributed by atoms with E-state index >= 15 is 0 Å². The van der Waals surface area contributed by atoms with Crippen molar-refractivity contribution in [3.63, 3.8) is 0 Å². The second kappa shape index (κ2) is 6.57. The second-order valence-corrected chi connectivity index (χ2v) is 6.51. The highest BCUT2D eigenvalue weighted by molar-refractivity contribution is 5.76. The van der Waals surface area contributed by atoms with Crippen LogP contribution < -0.4 is 11.1 Å². The van der Waals surface area contributed by atoms with E-state index in [2.05, 4.69) is 21.4 Å². The summed E-state index contributed by atoms with van der Waals surface area (Å²) in [6, 6.07) is 11.1. The molecule has 1 aliphatic rings. The number of nitrogens with one attached hydrogen (secondary N) is 1. The van der Waals surface area contributed by atoms with Crippen molar-refractivity contribution in [2.24, 2.45) is 0 Å². The first-order chi connectivity index (χ1) is 12.9. The number of benzene rings is 2. The molecule has 0 bridgehead atoms. The molecule has 0 unspecified atom stereocenters. The molecule has 0 aliphatic heterocycles. The van der Waals surface area contributed by atoms with Gasteiger partial charge in [0.1, 0.15) is 12.1 Å². The van der Waals surface area contributed by atoms with E-state index in [1.807, 2.05) is 12.1 Å². The normalized spacial score (nSPS) is 13.4. The van der Waals surface area contributed by atoms with Gasteiger partial charge in [0.05, 0.1) is 11.3 Å². The van der Waals surface area contributed by atoms with E-state index in [9.17, 15) is 13.2 Å². The number of aromatic nitrogens is 2. The lowest BCUT2D eigenvalue weighted by Gasteiger charge is -2.13. The molecule has 1 aliphatic carbocycles. The zero-order chi connectivity index (χ0) is 19.0. The zero-order valence-corrected chi connectivity index (χ0v) is 14.3. The average Bonchev–Trinajstić information content (AvgIpc) is 3.11. The Balaban J connectivity index is 1.65. The van der Waals surface area contributed by atoms with Crippen LogP contribution in [0.25, 0.3) is 11.3 Å². The van der Waals surface area contributed by atoms with Crippen molar-refractivity contribution in [1.29, 1.82) is 0 Å². The fraction of sp³-hybridized carbons (Fsp3) is 0.200. The summed E-state index contributed by atoms with van der Waals surface area (Å²) in [4.78, 5) is 8.39. The summed E-state index contributed by atoms with van der Waals surface area (Å²) >= 11 is 0. The molecule has 3 N–H and O–H groups in total. The number of hydrogen-bond acceptors (Lipinski definition) is 4. The summed E-state index contributed by atoms with van der Waals surface area (Å²) < 4.78 is 38.5. The molecular formula is C20H17F3N4. The van der Waals surface area contributed by atoms with E-state index in [0.29, 0.717) is 17.1 Å². The van der Waals surface area contributed by atoms with Gasteiger partial charge in [-0.3, -0.25) is 0 Å². The van der Waals surface area contributed by atoms with E-state index < -0.39 is 11.7 Å². The monoisotopic (exact) mass is 370 g/mol. The summed E-state index contributed by atoms with van der Waals surface area (Å²) in [5.41, 5.74) is 9.60. The second-order valence-electron chi connectivity index (χ2n) is 6.51. The van der Waals surface area contributed by atoms with Gasteiger partial charge in [-0.2, -0.15) is 13.2 Å². The smallest absolute Gasteiger partial charge is 0.398 e. The first-order valence-electron chi connectivity index (χ1n) is 8.59. The number of halogens is 3. The van der Waals surface area contributed by atoms with Crippen LogP contribution in [0.4, 0.5) is 30.4 Å². The third-order valence-electron chi connectivity index (χ3n) is 4.73. The fourth-order valence-electron chi connectivity index (χ4n) is 3.42. The largest absolute Gasteiger partial charge is 0.416 e. The Morgan fingerprint density at radius 1 is 1.00 bits per heavy atom. The van der Waals surface area contributed by atoms with Gasteiger partial charge in [-0.05, 0) is 48.6 Å². The molecule has 0 radical (unpaired) electrons. The number of nitrogens with two attached hydrogens (primary N) is 1. The standard InChI is InChI=1S/C20H17F3N4/c21-20(22,23)13-7-8-15(16(24)9-13)18-10-19(26-11-25-18)27-17-6-2-4-12-3-1-5-14(12)17/h2,4,6-11H,1,3,5,24H2,(H,25,26,27). The van der Waals surface area contributed by atoms with Gasteiger partial charge in [-0.25, -0.2) is 9.97 Å². The van der Waals surface area contributed by atoms with E-state index in [-0.39, 0.29) is 5.69 Å². The summed E-state index contributed by atoms with van der Waals surface area (Å²) in [5.74, 6) is 0.569. The molecule has 138 valence electrons. The molecule has 3 aromatic rings. The maximum absolute atomic E-state index is 12.8. The Labute approximate surface area is 154 Å². The van der Waals surface area contributed by atoms with Crippen LogP contribution >= 0.6 is 0 Å². The number of fused-ring (bicyclic) bond motifs is 1. The van der Waals surface area contributed by atoms with Crippen molar-refractivity contribution >= 4 is 17.2 Å². The van der Waals surface area contributed by atoms with Crippen LogP contribution in [-0.4, -0.2) is 9.97 Å². The van der Waals surface area contributed by atoms with Gasteiger partial charge in [-0.1, -0.05) is 18.2 Å². The van der Waals surface area contributed by atoms with Crippen LogP contribution in [0.2, 0.25) is 0 Å². The van der Waals surface area contributed by atoms with Crippen LogP contribution in [0.3, 0.4) is 0 Å². The van der Waals surface area contributed by atoms with E-state index in [0.717, 1.165) is 37.1 Å². The molecule has 1 aromatic heterocycles. The average molecular weight is 370 g/mol. The minimum Gasteiger partial charge on any atom is -0.398 e. The van der Waals surface area contributed by atoms with Crippen molar-refractivity contribution in [3.05, 3.63) is 65.5 Å². The molecule has 0 atom stereocenters. The van der Waals surface area contributed by atoms with Gasteiger partial charge in [0.15, 0.2) is 0 Å². The van der Waals surface area contributed by atoms with Gasteiger partial charge in [-0.15, -0.1) is 0 Å². The van der Waals surface area contributed by atoms with Crippen LogP contribution in [-0.2, 0) is 19.0 Å². The predicted octanol–water partition coefficient (Wildman–Crippen LogP) is 4.98. The Morgan fingerprint density at radius 3 is 2.63 bits per heavy atom. The lowest BCUT2D eigenvalue weighted by Crippen LogP contribution is -2.06. The quantitative estimate of drug-likeness (QED) is 0.639. The van der Waals surface area contributed by atoms with Crippen LogP contribution in [0.1, 0.15) is 23.1 Å². The molecule has 7 heteroatoms. The molecule has 4 rings (SSSR count). The maximum atomic E-state index is 12.8. The third-order valence-corrected chi connectivity index (χ3v) is 4.73. The molecule has 0 amide bonds. The topological polar surface area (TPSA) is 63.8 Å². The Kier molecular flexibility index (Phi) is 4.22. The maximum Gasteiger partial charge on any atom is 0.416 e. The molecule has 0 saturated heterocycles. The number of alkyl halides is 3. The van der Waals surface area contributed by atoms with Crippen molar-refractivity contribution in [2.75, 3.05) is 11.1 Å².